The highest BCUT2D eigenvalue weighted by Gasteiger charge is 2.19. The fraction of sp³-hybridized carbons (Fsp3) is 0.857. The predicted molar refractivity (Wildman–Crippen MR) is 37.8 cm³/mol. The lowest BCUT2D eigenvalue weighted by molar-refractivity contribution is -0.174. The van der Waals surface area contributed by atoms with E-state index in [-0.39, 0.29) is 12.7 Å². The number of carbonyl (C=O) groups is 1. The molecule has 1 atom stereocenters. The molecule has 0 amide bonds. The van der Waals surface area contributed by atoms with E-state index in [0.717, 1.165) is 0 Å². The lowest BCUT2D eigenvalue weighted by Crippen LogP contribution is -2.24. The molecule has 11 heavy (non-hydrogen) atoms. The summed E-state index contributed by atoms with van der Waals surface area (Å²) in [5.41, 5.74) is 0. The van der Waals surface area contributed by atoms with E-state index in [1.165, 1.54) is 0 Å². The monoisotopic (exact) mass is 164 g/mol. The van der Waals surface area contributed by atoms with Crippen molar-refractivity contribution in [3.63, 3.8) is 0 Å². The van der Waals surface area contributed by atoms with Crippen LogP contribution in [-0.4, -0.2) is 25.0 Å². The van der Waals surface area contributed by atoms with Crippen molar-refractivity contribution in [2.75, 3.05) is 6.61 Å². The number of rotatable bonds is 4. The van der Waals surface area contributed by atoms with Crippen LogP contribution in [0.15, 0.2) is 0 Å². The number of esters is 1. The quantitative estimate of drug-likeness (QED) is 0.587. The molecule has 0 aliphatic carbocycles. The van der Waals surface area contributed by atoms with Crippen LogP contribution in [0.2, 0.25) is 0 Å². The Labute approximate surface area is 65.5 Å². The summed E-state index contributed by atoms with van der Waals surface area (Å²) in [6, 6.07) is 0. The van der Waals surface area contributed by atoms with Gasteiger partial charge >= 0.3 is 5.97 Å². The normalized spacial score (nSPS) is 13.2. The van der Waals surface area contributed by atoms with Crippen molar-refractivity contribution in [3.8, 4) is 0 Å². The Hall–Kier alpha value is -0.640. The first kappa shape index (κ1) is 10.4. The fourth-order valence-electron chi connectivity index (χ4n) is 0.502. The van der Waals surface area contributed by atoms with E-state index in [4.69, 9.17) is 0 Å². The minimum Gasteiger partial charge on any atom is -0.462 e. The van der Waals surface area contributed by atoms with Crippen LogP contribution in [0.3, 0.4) is 0 Å². The van der Waals surface area contributed by atoms with Crippen LogP contribution < -0.4 is 0 Å². The number of hydrogen-bond acceptors (Lipinski definition) is 3. The third-order valence-corrected chi connectivity index (χ3v) is 0.864. The Bertz CT molecular complexity index is 125. The van der Waals surface area contributed by atoms with Crippen LogP contribution >= 0.6 is 0 Å². The van der Waals surface area contributed by atoms with Crippen LogP contribution in [0.5, 0.6) is 0 Å². The molecule has 0 N–H and O–H groups in total. The van der Waals surface area contributed by atoms with E-state index in [0.29, 0.717) is 0 Å². The van der Waals surface area contributed by atoms with Crippen LogP contribution in [0, 0.1) is 0 Å². The van der Waals surface area contributed by atoms with Gasteiger partial charge in [0.05, 0.1) is 12.7 Å². The zero-order valence-corrected chi connectivity index (χ0v) is 6.96. The van der Waals surface area contributed by atoms with E-state index in [1.54, 1.807) is 20.8 Å². The minimum atomic E-state index is -1.95. The smallest absolute Gasteiger partial charge is 0.368 e. The Morgan fingerprint density at radius 2 is 2.09 bits per heavy atom. The highest BCUT2D eigenvalue weighted by Crippen LogP contribution is 2.01. The van der Waals surface area contributed by atoms with E-state index < -0.39 is 12.3 Å². The Morgan fingerprint density at radius 3 is 2.45 bits per heavy atom. The second-order valence-electron chi connectivity index (χ2n) is 2.25. The third-order valence-electron chi connectivity index (χ3n) is 0.864. The number of halogens is 1. The van der Waals surface area contributed by atoms with Gasteiger partial charge in [-0.2, -0.15) is 0 Å². The number of ether oxygens (including phenoxy) is 2. The largest absolute Gasteiger partial charge is 0.462 e. The van der Waals surface area contributed by atoms with Crippen molar-refractivity contribution in [3.05, 3.63) is 0 Å². The van der Waals surface area contributed by atoms with Crippen LogP contribution in [0.4, 0.5) is 4.39 Å². The molecule has 1 unspecified atom stereocenters. The molecule has 0 radical (unpaired) electrons. The molecule has 0 heterocycles. The molecule has 0 saturated heterocycles. The topological polar surface area (TPSA) is 35.5 Å². The SMILES string of the molecule is CCOC(=O)C(F)OC(C)C. The van der Waals surface area contributed by atoms with Gasteiger partial charge in [-0.15, -0.1) is 0 Å². The van der Waals surface area contributed by atoms with Gasteiger partial charge in [0.15, 0.2) is 0 Å². The first-order chi connectivity index (χ1) is 5.07. The van der Waals surface area contributed by atoms with Gasteiger partial charge in [0.25, 0.3) is 6.36 Å². The number of alkyl halides is 1. The minimum absolute atomic E-state index is 0.167. The number of carbonyl (C=O) groups excluding carboxylic acids is 1. The zero-order valence-electron chi connectivity index (χ0n) is 6.96. The standard InChI is InChI=1S/C7H13FO3/c1-4-10-7(9)6(8)11-5(2)3/h5-6H,4H2,1-3H3. The molecule has 4 heteroatoms. The highest BCUT2D eigenvalue weighted by atomic mass is 19.1. The van der Waals surface area contributed by atoms with Gasteiger partial charge < -0.3 is 9.47 Å². The van der Waals surface area contributed by atoms with Gasteiger partial charge in [0.2, 0.25) is 0 Å². The van der Waals surface area contributed by atoms with E-state index in [1.807, 2.05) is 0 Å². The third kappa shape index (κ3) is 4.72. The lowest BCUT2D eigenvalue weighted by Gasteiger charge is -2.10. The van der Waals surface area contributed by atoms with Crippen molar-refractivity contribution in [2.45, 2.75) is 33.2 Å². The summed E-state index contributed by atoms with van der Waals surface area (Å²) >= 11 is 0. The molecule has 0 aliphatic rings. The summed E-state index contributed by atoms with van der Waals surface area (Å²) in [5.74, 6) is -0.957. The summed E-state index contributed by atoms with van der Waals surface area (Å²) in [5, 5.41) is 0. The van der Waals surface area contributed by atoms with Crippen molar-refractivity contribution in [1.29, 1.82) is 0 Å². The maximum atomic E-state index is 12.5. The molecule has 3 nitrogen and oxygen atoms in total. The molecule has 0 aromatic rings. The predicted octanol–water partition coefficient (Wildman–Crippen LogP) is 1.27. The average Bonchev–Trinajstić information content (AvgIpc) is 1.86. The number of hydrogen-bond donors (Lipinski definition) is 0. The summed E-state index contributed by atoms with van der Waals surface area (Å²) < 4.78 is 21.4. The molecule has 66 valence electrons. The van der Waals surface area contributed by atoms with Gasteiger partial charge in [-0.05, 0) is 20.8 Å². The van der Waals surface area contributed by atoms with Crippen molar-refractivity contribution in [1.82, 2.24) is 0 Å². The Kier molecular flexibility index (Phi) is 4.77. The van der Waals surface area contributed by atoms with E-state index in [2.05, 4.69) is 9.47 Å². The van der Waals surface area contributed by atoms with Gasteiger partial charge in [-0.1, -0.05) is 0 Å². The van der Waals surface area contributed by atoms with E-state index in [9.17, 15) is 9.18 Å². The average molecular weight is 164 g/mol. The molecule has 0 bridgehead atoms. The molecular formula is C7H13FO3. The first-order valence-corrected chi connectivity index (χ1v) is 3.54. The molecule has 0 aromatic carbocycles. The maximum Gasteiger partial charge on any atom is 0.368 e. The van der Waals surface area contributed by atoms with Crippen LogP contribution in [0.1, 0.15) is 20.8 Å². The van der Waals surface area contributed by atoms with Gasteiger partial charge in [-0.3, -0.25) is 0 Å². The first-order valence-electron chi connectivity index (χ1n) is 3.54. The van der Waals surface area contributed by atoms with Crippen molar-refractivity contribution >= 4 is 5.97 Å². The molecule has 0 fully saturated rings. The lowest BCUT2D eigenvalue weighted by atomic mass is 10.5. The summed E-state index contributed by atoms with van der Waals surface area (Å²) in [4.78, 5) is 10.6. The zero-order chi connectivity index (χ0) is 8.85. The molecule has 0 spiro atoms. The van der Waals surface area contributed by atoms with Gasteiger partial charge in [-0.25, -0.2) is 9.18 Å². The Balaban J connectivity index is 3.64. The van der Waals surface area contributed by atoms with Crippen molar-refractivity contribution in [2.24, 2.45) is 0 Å². The summed E-state index contributed by atoms with van der Waals surface area (Å²) in [7, 11) is 0. The Morgan fingerprint density at radius 1 is 1.55 bits per heavy atom. The summed E-state index contributed by atoms with van der Waals surface area (Å²) in [6.45, 7) is 5.07. The van der Waals surface area contributed by atoms with E-state index >= 15 is 0 Å². The fourth-order valence-corrected chi connectivity index (χ4v) is 0.502. The molecule has 0 aromatic heterocycles. The second-order valence-corrected chi connectivity index (χ2v) is 2.25. The van der Waals surface area contributed by atoms with Crippen LogP contribution in [-0.2, 0) is 14.3 Å². The van der Waals surface area contributed by atoms with Gasteiger partial charge in [0.1, 0.15) is 0 Å². The highest BCUT2D eigenvalue weighted by molar-refractivity contribution is 5.72. The van der Waals surface area contributed by atoms with Crippen LogP contribution in [0.25, 0.3) is 0 Å². The molecular weight excluding hydrogens is 151 g/mol. The molecule has 0 aliphatic heterocycles. The maximum absolute atomic E-state index is 12.5. The molecule has 0 saturated carbocycles. The van der Waals surface area contributed by atoms with Gasteiger partial charge in [0, 0.05) is 0 Å². The van der Waals surface area contributed by atoms with Crippen molar-refractivity contribution < 1.29 is 18.7 Å². The summed E-state index contributed by atoms with van der Waals surface area (Å²) in [6.07, 6.45) is -2.26. The second kappa shape index (κ2) is 5.07. The molecule has 0 rings (SSSR count).